The highest BCUT2D eigenvalue weighted by Crippen LogP contribution is 2.16. The molecule has 4 nitrogen and oxygen atoms in total. The number of benzene rings is 1. The maximum atomic E-state index is 12.8. The van der Waals surface area contributed by atoms with E-state index >= 15 is 0 Å². The molecule has 22 heavy (non-hydrogen) atoms. The third-order valence-corrected chi connectivity index (χ3v) is 4.82. The fourth-order valence-corrected chi connectivity index (χ4v) is 3.35. The number of hydrogen-bond acceptors (Lipinski definition) is 5. The van der Waals surface area contributed by atoms with E-state index in [4.69, 9.17) is 4.74 Å². The number of thiazole rings is 2. The molecule has 0 radical (unpaired) electrons. The van der Waals surface area contributed by atoms with Gasteiger partial charge in [-0.1, -0.05) is 11.3 Å². The molecule has 0 aliphatic rings. The Morgan fingerprint density at radius 3 is 2.68 bits per heavy atom. The van der Waals surface area contributed by atoms with Crippen LogP contribution in [-0.2, 0) is 13.2 Å². The fourth-order valence-electron chi connectivity index (χ4n) is 1.92. The third kappa shape index (κ3) is 3.42. The molecule has 0 saturated heterocycles. The summed E-state index contributed by atoms with van der Waals surface area (Å²) in [4.78, 5) is 16.2. The lowest BCUT2D eigenvalue weighted by atomic mass is 10.3. The lowest BCUT2D eigenvalue weighted by molar-refractivity contribution is 0.305. The summed E-state index contributed by atoms with van der Waals surface area (Å²) >= 11 is 2.68. The molecule has 0 amide bonds. The first-order valence-corrected chi connectivity index (χ1v) is 8.34. The molecule has 3 aromatic rings. The van der Waals surface area contributed by atoms with Crippen molar-refractivity contribution in [2.24, 2.45) is 0 Å². The minimum absolute atomic E-state index is 0.0228. The minimum atomic E-state index is -0.291. The van der Waals surface area contributed by atoms with E-state index in [1.807, 2.05) is 17.7 Å². The molecular weight excluding hydrogens is 323 g/mol. The van der Waals surface area contributed by atoms with Gasteiger partial charge in [0.2, 0.25) is 0 Å². The summed E-state index contributed by atoms with van der Waals surface area (Å²) in [6.45, 7) is 2.71. The van der Waals surface area contributed by atoms with Crippen molar-refractivity contribution in [2.75, 3.05) is 0 Å². The maximum absolute atomic E-state index is 12.8. The summed E-state index contributed by atoms with van der Waals surface area (Å²) in [5, 5.41) is 4.58. The molecule has 0 bridgehead atoms. The number of nitrogens with zero attached hydrogens (tertiary/aromatic N) is 2. The molecule has 2 heterocycles. The van der Waals surface area contributed by atoms with Gasteiger partial charge >= 0.3 is 4.87 Å². The highest BCUT2D eigenvalue weighted by atomic mass is 32.1. The van der Waals surface area contributed by atoms with Gasteiger partial charge in [0.1, 0.15) is 23.2 Å². The number of ether oxygens (including phenoxy) is 1. The number of halogens is 1. The maximum Gasteiger partial charge on any atom is 0.307 e. The Bertz CT molecular complexity index is 821. The van der Waals surface area contributed by atoms with Gasteiger partial charge in [0.15, 0.2) is 0 Å². The summed E-state index contributed by atoms with van der Waals surface area (Å²) in [6, 6.07) is 5.87. The van der Waals surface area contributed by atoms with Gasteiger partial charge in [-0.3, -0.25) is 9.36 Å². The molecule has 0 unspecified atom stereocenters. The first kappa shape index (κ1) is 14.9. The van der Waals surface area contributed by atoms with Crippen LogP contribution in [0.5, 0.6) is 5.75 Å². The number of hydrogen-bond donors (Lipinski definition) is 0. The third-order valence-electron chi connectivity index (χ3n) is 3.07. The van der Waals surface area contributed by atoms with Crippen molar-refractivity contribution in [1.82, 2.24) is 9.55 Å². The van der Waals surface area contributed by atoms with E-state index in [-0.39, 0.29) is 10.7 Å². The van der Waals surface area contributed by atoms with Crippen LogP contribution in [0.4, 0.5) is 4.39 Å². The molecule has 0 aliphatic heterocycles. The van der Waals surface area contributed by atoms with Crippen LogP contribution >= 0.6 is 22.7 Å². The van der Waals surface area contributed by atoms with Crippen LogP contribution in [0.1, 0.15) is 16.4 Å². The zero-order valence-corrected chi connectivity index (χ0v) is 13.4. The van der Waals surface area contributed by atoms with Gasteiger partial charge in [0.25, 0.3) is 0 Å². The predicted molar refractivity (Wildman–Crippen MR) is 85.3 cm³/mol. The zero-order valence-electron chi connectivity index (χ0n) is 11.8. The van der Waals surface area contributed by atoms with Crippen molar-refractivity contribution >= 4 is 22.7 Å². The van der Waals surface area contributed by atoms with E-state index in [0.29, 0.717) is 18.9 Å². The van der Waals surface area contributed by atoms with Gasteiger partial charge in [-0.05, 0) is 31.2 Å². The van der Waals surface area contributed by atoms with E-state index in [1.54, 1.807) is 16.7 Å². The predicted octanol–water partition coefficient (Wildman–Crippen LogP) is 3.44. The molecular formula is C15H13FN2O2S2. The zero-order chi connectivity index (χ0) is 15.5. The molecule has 7 heteroatoms. The van der Waals surface area contributed by atoms with Crippen molar-refractivity contribution in [3.8, 4) is 5.75 Å². The summed E-state index contributed by atoms with van der Waals surface area (Å²) in [5.74, 6) is 0.309. The number of aryl methyl sites for hydroxylation is 1. The monoisotopic (exact) mass is 336 g/mol. The molecule has 3 rings (SSSR count). The minimum Gasteiger partial charge on any atom is -0.486 e. The molecule has 0 aliphatic carbocycles. The normalized spacial score (nSPS) is 10.8. The quantitative estimate of drug-likeness (QED) is 0.717. The van der Waals surface area contributed by atoms with Crippen LogP contribution < -0.4 is 9.61 Å². The molecule has 0 saturated carbocycles. The highest BCUT2D eigenvalue weighted by molar-refractivity contribution is 7.09. The Kier molecular flexibility index (Phi) is 4.35. The number of rotatable bonds is 5. The standard InChI is InChI=1S/C15H13FN2O2S2/c1-10-8-22-15(19)18(10)6-12-9-21-14(17-12)7-20-13-4-2-11(16)3-5-13/h2-5,8-9H,6-7H2,1H3. The van der Waals surface area contributed by atoms with E-state index in [0.717, 1.165) is 16.4 Å². The largest absolute Gasteiger partial charge is 0.486 e. The molecule has 2 aromatic heterocycles. The first-order chi connectivity index (χ1) is 10.6. The van der Waals surface area contributed by atoms with Crippen LogP contribution in [0.25, 0.3) is 0 Å². The average molecular weight is 336 g/mol. The average Bonchev–Trinajstić information content (AvgIpc) is 3.09. The molecule has 0 atom stereocenters. The van der Waals surface area contributed by atoms with Gasteiger partial charge in [0.05, 0.1) is 12.2 Å². The molecule has 0 spiro atoms. The molecule has 0 fully saturated rings. The van der Waals surface area contributed by atoms with Crippen LogP contribution in [0.15, 0.2) is 39.8 Å². The topological polar surface area (TPSA) is 44.1 Å². The van der Waals surface area contributed by atoms with Gasteiger partial charge < -0.3 is 4.74 Å². The van der Waals surface area contributed by atoms with Crippen LogP contribution in [0.3, 0.4) is 0 Å². The van der Waals surface area contributed by atoms with E-state index in [9.17, 15) is 9.18 Å². The Morgan fingerprint density at radius 1 is 1.23 bits per heavy atom. The molecule has 114 valence electrons. The molecule has 1 aromatic carbocycles. The summed E-state index contributed by atoms with van der Waals surface area (Å²) in [6.07, 6.45) is 0. The van der Waals surface area contributed by atoms with Gasteiger partial charge in [-0.15, -0.1) is 11.3 Å². The van der Waals surface area contributed by atoms with Crippen molar-refractivity contribution < 1.29 is 9.13 Å². The Labute approximate surface area is 134 Å². The first-order valence-electron chi connectivity index (χ1n) is 6.58. The Morgan fingerprint density at radius 2 is 2.00 bits per heavy atom. The lowest BCUT2D eigenvalue weighted by Crippen LogP contribution is -2.15. The van der Waals surface area contributed by atoms with Gasteiger partial charge in [-0.25, -0.2) is 9.37 Å². The lowest BCUT2D eigenvalue weighted by Gasteiger charge is -2.03. The van der Waals surface area contributed by atoms with Crippen molar-refractivity contribution in [3.05, 3.63) is 66.9 Å². The second-order valence-corrected chi connectivity index (χ2v) is 6.47. The van der Waals surface area contributed by atoms with Gasteiger partial charge in [0, 0.05) is 16.5 Å². The van der Waals surface area contributed by atoms with E-state index < -0.39 is 0 Å². The van der Waals surface area contributed by atoms with E-state index in [2.05, 4.69) is 4.98 Å². The van der Waals surface area contributed by atoms with Gasteiger partial charge in [-0.2, -0.15) is 0 Å². The van der Waals surface area contributed by atoms with Crippen molar-refractivity contribution in [2.45, 2.75) is 20.1 Å². The van der Waals surface area contributed by atoms with Crippen LogP contribution in [0, 0.1) is 12.7 Å². The SMILES string of the molecule is Cc1csc(=O)n1Cc1csc(COc2ccc(F)cc2)n1. The van der Waals surface area contributed by atoms with Crippen LogP contribution in [-0.4, -0.2) is 9.55 Å². The molecule has 0 N–H and O–H groups in total. The smallest absolute Gasteiger partial charge is 0.307 e. The van der Waals surface area contributed by atoms with Crippen molar-refractivity contribution in [3.63, 3.8) is 0 Å². The summed E-state index contributed by atoms with van der Waals surface area (Å²) < 4.78 is 20.1. The summed E-state index contributed by atoms with van der Waals surface area (Å²) in [7, 11) is 0. The summed E-state index contributed by atoms with van der Waals surface area (Å²) in [5.41, 5.74) is 1.78. The number of aromatic nitrogens is 2. The Balaban J connectivity index is 1.64. The Hall–Kier alpha value is -1.99. The second kappa shape index (κ2) is 6.41. The second-order valence-electron chi connectivity index (χ2n) is 4.70. The highest BCUT2D eigenvalue weighted by Gasteiger charge is 2.08. The van der Waals surface area contributed by atoms with E-state index in [1.165, 1.54) is 34.8 Å². The fraction of sp³-hybridized carbons (Fsp3) is 0.200. The van der Waals surface area contributed by atoms with Crippen LogP contribution in [0.2, 0.25) is 0 Å². The van der Waals surface area contributed by atoms with Crippen molar-refractivity contribution in [1.29, 1.82) is 0 Å².